The zero-order valence-electron chi connectivity index (χ0n) is 11.8. The van der Waals surface area contributed by atoms with Crippen LogP contribution >= 0.6 is 27.7 Å². The lowest BCUT2D eigenvalue weighted by Crippen LogP contribution is -2.05. The minimum absolute atomic E-state index is 0.316. The van der Waals surface area contributed by atoms with Crippen LogP contribution in [0.1, 0.15) is 13.3 Å². The molecule has 0 saturated carbocycles. The molecule has 0 unspecified atom stereocenters. The predicted molar refractivity (Wildman–Crippen MR) is 90.0 cm³/mol. The summed E-state index contributed by atoms with van der Waals surface area (Å²) in [5, 5.41) is 6.99. The number of anilines is 3. The number of aromatic nitrogens is 2. The van der Waals surface area contributed by atoms with Crippen molar-refractivity contribution >= 4 is 45.0 Å². The standard InChI is InChI=1S/C14H16BrFN4S/c1-3-6-17-12-8-13(20-14(19-12)21-2)18-9-4-5-10(15)11(16)7-9/h4-5,7-8H,3,6H2,1-2H3,(H2,17,18,19,20). The second kappa shape index (κ2) is 7.61. The SMILES string of the molecule is CCCNc1cc(Nc2ccc(Br)c(F)c2)nc(SC)n1. The van der Waals surface area contributed by atoms with E-state index < -0.39 is 0 Å². The Bertz CT molecular complexity index is 624. The minimum atomic E-state index is -0.316. The molecule has 0 amide bonds. The number of hydrogen-bond acceptors (Lipinski definition) is 5. The van der Waals surface area contributed by atoms with Gasteiger partial charge in [0.05, 0.1) is 4.47 Å². The molecule has 1 heterocycles. The van der Waals surface area contributed by atoms with Crippen molar-refractivity contribution in [2.24, 2.45) is 0 Å². The lowest BCUT2D eigenvalue weighted by Gasteiger charge is -2.10. The Labute approximate surface area is 136 Å². The molecule has 2 aromatic rings. The fourth-order valence-electron chi connectivity index (χ4n) is 1.65. The molecule has 0 fully saturated rings. The van der Waals surface area contributed by atoms with E-state index in [9.17, 15) is 4.39 Å². The van der Waals surface area contributed by atoms with Crippen molar-refractivity contribution < 1.29 is 4.39 Å². The first-order valence-corrected chi connectivity index (χ1v) is 8.53. The molecule has 7 heteroatoms. The van der Waals surface area contributed by atoms with Crippen molar-refractivity contribution in [3.05, 3.63) is 34.6 Å². The first-order chi connectivity index (χ1) is 10.1. The third-order valence-corrected chi connectivity index (χ3v) is 3.83. The molecule has 112 valence electrons. The molecular formula is C14H16BrFN4S. The fraction of sp³-hybridized carbons (Fsp3) is 0.286. The van der Waals surface area contributed by atoms with Gasteiger partial charge in [0.1, 0.15) is 17.5 Å². The Morgan fingerprint density at radius 2 is 2.00 bits per heavy atom. The summed E-state index contributed by atoms with van der Waals surface area (Å²) in [6.07, 6.45) is 2.93. The van der Waals surface area contributed by atoms with Crippen LogP contribution in [-0.4, -0.2) is 22.8 Å². The van der Waals surface area contributed by atoms with E-state index in [-0.39, 0.29) is 5.82 Å². The molecule has 0 aliphatic heterocycles. The van der Waals surface area contributed by atoms with Crippen LogP contribution in [0.25, 0.3) is 0 Å². The summed E-state index contributed by atoms with van der Waals surface area (Å²) in [4.78, 5) is 8.76. The van der Waals surface area contributed by atoms with E-state index in [1.807, 2.05) is 12.3 Å². The Hall–Kier alpha value is -1.34. The van der Waals surface area contributed by atoms with Crippen LogP contribution < -0.4 is 10.6 Å². The third-order valence-electron chi connectivity index (χ3n) is 2.64. The molecule has 0 radical (unpaired) electrons. The van der Waals surface area contributed by atoms with Crippen LogP contribution in [0.3, 0.4) is 0 Å². The second-order valence-electron chi connectivity index (χ2n) is 4.31. The highest BCUT2D eigenvalue weighted by Gasteiger charge is 2.06. The second-order valence-corrected chi connectivity index (χ2v) is 5.93. The molecule has 0 bridgehead atoms. The zero-order valence-corrected chi connectivity index (χ0v) is 14.2. The van der Waals surface area contributed by atoms with Crippen molar-refractivity contribution in [2.45, 2.75) is 18.5 Å². The van der Waals surface area contributed by atoms with Gasteiger partial charge in [0, 0.05) is 18.3 Å². The molecule has 1 aromatic carbocycles. The number of nitrogens with zero attached hydrogens (tertiary/aromatic N) is 2. The van der Waals surface area contributed by atoms with Crippen molar-refractivity contribution in [1.29, 1.82) is 0 Å². The topological polar surface area (TPSA) is 49.8 Å². The van der Waals surface area contributed by atoms with Crippen LogP contribution in [0.4, 0.5) is 21.7 Å². The van der Waals surface area contributed by atoms with Crippen LogP contribution in [0.5, 0.6) is 0 Å². The van der Waals surface area contributed by atoms with E-state index in [0.717, 1.165) is 18.8 Å². The average Bonchev–Trinajstić information content (AvgIpc) is 2.48. The predicted octanol–water partition coefficient (Wildman–Crippen LogP) is 4.67. The van der Waals surface area contributed by atoms with Gasteiger partial charge in [-0.1, -0.05) is 18.7 Å². The summed E-state index contributed by atoms with van der Waals surface area (Å²) in [7, 11) is 0. The van der Waals surface area contributed by atoms with E-state index in [1.165, 1.54) is 17.8 Å². The highest BCUT2D eigenvalue weighted by atomic mass is 79.9. The maximum atomic E-state index is 13.5. The molecule has 0 saturated heterocycles. The Kier molecular flexibility index (Phi) is 5.81. The van der Waals surface area contributed by atoms with Gasteiger partial charge in [-0.15, -0.1) is 0 Å². The van der Waals surface area contributed by atoms with Gasteiger partial charge < -0.3 is 10.6 Å². The number of nitrogens with one attached hydrogen (secondary N) is 2. The first-order valence-electron chi connectivity index (χ1n) is 6.51. The normalized spacial score (nSPS) is 10.5. The van der Waals surface area contributed by atoms with Crippen LogP contribution in [0, 0.1) is 5.82 Å². The van der Waals surface area contributed by atoms with Gasteiger partial charge in [0.2, 0.25) is 0 Å². The summed E-state index contributed by atoms with van der Waals surface area (Å²) in [6, 6.07) is 6.68. The van der Waals surface area contributed by atoms with E-state index in [1.54, 1.807) is 12.1 Å². The van der Waals surface area contributed by atoms with E-state index in [4.69, 9.17) is 0 Å². The van der Waals surface area contributed by atoms with Gasteiger partial charge in [-0.05, 0) is 46.8 Å². The molecule has 0 atom stereocenters. The number of thioether (sulfide) groups is 1. The van der Waals surface area contributed by atoms with Crippen molar-refractivity contribution in [3.63, 3.8) is 0 Å². The Morgan fingerprint density at radius 1 is 1.24 bits per heavy atom. The van der Waals surface area contributed by atoms with Gasteiger partial charge in [0.25, 0.3) is 0 Å². The van der Waals surface area contributed by atoms with Gasteiger partial charge in [-0.3, -0.25) is 0 Å². The molecule has 2 N–H and O–H groups in total. The van der Waals surface area contributed by atoms with Crippen LogP contribution in [0.15, 0.2) is 33.9 Å². The summed E-state index contributed by atoms with van der Waals surface area (Å²) in [5.41, 5.74) is 0.642. The summed E-state index contributed by atoms with van der Waals surface area (Å²) >= 11 is 4.60. The molecule has 0 spiro atoms. The Morgan fingerprint density at radius 3 is 2.67 bits per heavy atom. The largest absolute Gasteiger partial charge is 0.370 e. The quantitative estimate of drug-likeness (QED) is 0.571. The van der Waals surface area contributed by atoms with E-state index in [2.05, 4.69) is 43.5 Å². The van der Waals surface area contributed by atoms with Gasteiger partial charge in [0.15, 0.2) is 5.16 Å². The van der Waals surface area contributed by atoms with E-state index in [0.29, 0.717) is 21.1 Å². The third kappa shape index (κ3) is 4.57. The lowest BCUT2D eigenvalue weighted by atomic mass is 10.3. The molecule has 2 rings (SSSR count). The first kappa shape index (κ1) is 16.0. The highest BCUT2D eigenvalue weighted by Crippen LogP contribution is 2.24. The zero-order chi connectivity index (χ0) is 15.2. The van der Waals surface area contributed by atoms with Gasteiger partial charge in [-0.25, -0.2) is 14.4 Å². The maximum Gasteiger partial charge on any atom is 0.191 e. The molecule has 1 aromatic heterocycles. The number of rotatable bonds is 6. The monoisotopic (exact) mass is 370 g/mol. The summed E-state index contributed by atoms with van der Waals surface area (Å²) in [5.74, 6) is 1.08. The van der Waals surface area contributed by atoms with Gasteiger partial charge >= 0.3 is 0 Å². The Balaban J connectivity index is 2.23. The van der Waals surface area contributed by atoms with Crippen LogP contribution in [0.2, 0.25) is 0 Å². The van der Waals surface area contributed by atoms with Crippen molar-refractivity contribution in [1.82, 2.24) is 9.97 Å². The van der Waals surface area contributed by atoms with Gasteiger partial charge in [-0.2, -0.15) is 0 Å². The average molecular weight is 371 g/mol. The molecule has 0 aliphatic rings. The molecule has 21 heavy (non-hydrogen) atoms. The van der Waals surface area contributed by atoms with Crippen molar-refractivity contribution in [3.8, 4) is 0 Å². The van der Waals surface area contributed by atoms with E-state index >= 15 is 0 Å². The number of benzene rings is 1. The fourth-order valence-corrected chi connectivity index (χ4v) is 2.27. The minimum Gasteiger partial charge on any atom is -0.370 e. The smallest absolute Gasteiger partial charge is 0.191 e. The lowest BCUT2D eigenvalue weighted by molar-refractivity contribution is 0.622. The molecular weight excluding hydrogens is 355 g/mol. The molecule has 4 nitrogen and oxygen atoms in total. The number of halogens is 2. The van der Waals surface area contributed by atoms with Crippen LogP contribution in [-0.2, 0) is 0 Å². The summed E-state index contributed by atoms with van der Waals surface area (Å²) in [6.45, 7) is 2.94. The maximum absolute atomic E-state index is 13.5. The highest BCUT2D eigenvalue weighted by molar-refractivity contribution is 9.10. The molecule has 0 aliphatic carbocycles. The summed E-state index contributed by atoms with van der Waals surface area (Å²) < 4.78 is 14.0. The number of hydrogen-bond donors (Lipinski definition) is 2. The van der Waals surface area contributed by atoms with Crippen molar-refractivity contribution in [2.75, 3.05) is 23.4 Å².